The van der Waals surface area contributed by atoms with Crippen LogP contribution in [0.25, 0.3) is 10.9 Å². The molecule has 28 heavy (non-hydrogen) atoms. The van der Waals surface area contributed by atoms with E-state index < -0.39 is 16.9 Å². The number of hydrogen-bond acceptors (Lipinski definition) is 3. The van der Waals surface area contributed by atoms with Gasteiger partial charge < -0.3 is 5.32 Å². The Kier molecular flexibility index (Phi) is 4.66. The van der Waals surface area contributed by atoms with Crippen molar-refractivity contribution in [2.45, 2.75) is 37.8 Å². The van der Waals surface area contributed by atoms with Crippen molar-refractivity contribution in [3.8, 4) is 0 Å². The van der Waals surface area contributed by atoms with Crippen molar-refractivity contribution in [3.63, 3.8) is 0 Å². The van der Waals surface area contributed by atoms with Gasteiger partial charge in [0.05, 0.1) is 22.8 Å². The first-order valence-electron chi connectivity index (χ1n) is 9.19. The molecule has 1 fully saturated rings. The van der Waals surface area contributed by atoms with Gasteiger partial charge in [0.25, 0.3) is 5.56 Å². The summed E-state index contributed by atoms with van der Waals surface area (Å²) in [4.78, 5) is 29.4. The van der Waals surface area contributed by atoms with E-state index in [1.807, 2.05) is 0 Å². The largest absolute Gasteiger partial charge is 0.345 e. The Balaban J connectivity index is 1.59. The molecule has 0 radical (unpaired) electrons. The second-order valence-corrected chi connectivity index (χ2v) is 7.18. The lowest BCUT2D eigenvalue weighted by Crippen LogP contribution is -2.46. The van der Waals surface area contributed by atoms with Crippen molar-refractivity contribution in [1.29, 1.82) is 0 Å². The van der Waals surface area contributed by atoms with Crippen molar-refractivity contribution in [1.82, 2.24) is 14.9 Å². The zero-order valence-electron chi connectivity index (χ0n) is 15.1. The Labute approximate surface area is 160 Å². The van der Waals surface area contributed by atoms with Crippen molar-refractivity contribution >= 4 is 16.8 Å². The molecule has 0 aliphatic heterocycles. The van der Waals surface area contributed by atoms with Crippen molar-refractivity contribution in [2.24, 2.45) is 0 Å². The van der Waals surface area contributed by atoms with Gasteiger partial charge in [-0.25, -0.2) is 13.8 Å². The highest BCUT2D eigenvalue weighted by Crippen LogP contribution is 2.38. The summed E-state index contributed by atoms with van der Waals surface area (Å²) in [5, 5.41) is 3.17. The number of fused-ring (bicyclic) bond motifs is 1. The summed E-state index contributed by atoms with van der Waals surface area (Å²) in [6, 6.07) is 9.93. The third-order valence-corrected chi connectivity index (χ3v) is 5.33. The highest BCUT2D eigenvalue weighted by atomic mass is 19.1. The van der Waals surface area contributed by atoms with E-state index in [0.29, 0.717) is 5.52 Å². The maximum absolute atomic E-state index is 13.5. The molecule has 5 nitrogen and oxygen atoms in total. The third kappa shape index (κ3) is 3.40. The minimum atomic E-state index is -0.565. The molecule has 144 valence electrons. The second kappa shape index (κ2) is 7.14. The summed E-state index contributed by atoms with van der Waals surface area (Å²) in [6.07, 6.45) is 4.70. The summed E-state index contributed by atoms with van der Waals surface area (Å²) < 4.78 is 27.9. The Bertz CT molecular complexity index is 1090. The Morgan fingerprint density at radius 3 is 2.46 bits per heavy atom. The van der Waals surface area contributed by atoms with Gasteiger partial charge >= 0.3 is 0 Å². The molecule has 4 rings (SSSR count). The van der Waals surface area contributed by atoms with Gasteiger partial charge in [0.15, 0.2) is 0 Å². The van der Waals surface area contributed by atoms with Gasteiger partial charge in [0.1, 0.15) is 18.2 Å². The van der Waals surface area contributed by atoms with E-state index in [1.165, 1.54) is 35.2 Å². The van der Waals surface area contributed by atoms with Crippen LogP contribution in [0.5, 0.6) is 0 Å². The number of nitrogens with zero attached hydrogens (tertiary/aromatic N) is 2. The average Bonchev–Trinajstić information content (AvgIpc) is 3.14. The van der Waals surface area contributed by atoms with Gasteiger partial charge in [-0.1, -0.05) is 25.0 Å². The van der Waals surface area contributed by atoms with Gasteiger partial charge in [-0.05, 0) is 48.7 Å². The Hall–Kier alpha value is -3.09. The van der Waals surface area contributed by atoms with Gasteiger partial charge in [-0.3, -0.25) is 14.2 Å². The molecule has 1 heterocycles. The number of carbonyl (C=O) groups excluding carboxylic acids is 1. The van der Waals surface area contributed by atoms with Crippen LogP contribution in [-0.4, -0.2) is 15.5 Å². The number of nitrogens with one attached hydrogen (secondary N) is 1. The molecule has 0 saturated heterocycles. The maximum Gasteiger partial charge on any atom is 0.261 e. The summed E-state index contributed by atoms with van der Waals surface area (Å²) in [5.41, 5.74) is 0.194. The van der Waals surface area contributed by atoms with E-state index in [9.17, 15) is 18.4 Å². The molecular weight excluding hydrogens is 364 g/mol. The number of rotatable bonds is 4. The lowest BCUT2D eigenvalue weighted by atomic mass is 9.88. The normalized spacial score (nSPS) is 15.6. The minimum absolute atomic E-state index is 0.129. The molecule has 0 atom stereocenters. The van der Waals surface area contributed by atoms with Crippen LogP contribution in [0.1, 0.15) is 31.2 Å². The molecule has 1 N–H and O–H groups in total. The van der Waals surface area contributed by atoms with E-state index in [-0.39, 0.29) is 23.7 Å². The van der Waals surface area contributed by atoms with E-state index in [0.717, 1.165) is 37.3 Å². The highest BCUT2D eigenvalue weighted by molar-refractivity contribution is 5.79. The van der Waals surface area contributed by atoms with E-state index in [1.54, 1.807) is 12.1 Å². The van der Waals surface area contributed by atoms with Crippen LogP contribution in [0.4, 0.5) is 8.78 Å². The number of hydrogen-bond donors (Lipinski definition) is 1. The molecule has 1 aliphatic rings. The molecule has 1 saturated carbocycles. The molecule has 0 spiro atoms. The lowest BCUT2D eigenvalue weighted by molar-refractivity contribution is -0.123. The van der Waals surface area contributed by atoms with Crippen LogP contribution in [0.15, 0.2) is 53.6 Å². The summed E-state index contributed by atoms with van der Waals surface area (Å²) in [7, 11) is 0. The zero-order valence-corrected chi connectivity index (χ0v) is 15.1. The number of benzene rings is 2. The minimum Gasteiger partial charge on any atom is -0.345 e. The molecule has 0 bridgehead atoms. The summed E-state index contributed by atoms with van der Waals surface area (Å²) >= 11 is 0. The molecule has 1 aromatic heterocycles. The highest BCUT2D eigenvalue weighted by Gasteiger charge is 2.37. The first-order chi connectivity index (χ1) is 13.5. The van der Waals surface area contributed by atoms with Crippen LogP contribution < -0.4 is 10.9 Å². The Morgan fingerprint density at radius 2 is 1.75 bits per heavy atom. The quantitative estimate of drug-likeness (QED) is 0.752. The van der Waals surface area contributed by atoms with Crippen molar-refractivity contribution < 1.29 is 13.6 Å². The number of aromatic nitrogens is 2. The number of carbonyl (C=O) groups is 1. The topological polar surface area (TPSA) is 64.0 Å². The molecular formula is C21H19F2N3O2. The summed E-state index contributed by atoms with van der Waals surface area (Å²) in [5.74, 6) is -1.20. The third-order valence-electron chi connectivity index (χ3n) is 5.33. The molecule has 3 aromatic rings. The number of halogens is 2. The Morgan fingerprint density at radius 1 is 1.07 bits per heavy atom. The average molecular weight is 383 g/mol. The SMILES string of the molecule is O=C(Cn1cnc2ccc(F)cc2c1=O)NC1(c2ccc(F)cc2)CCCC1. The molecule has 7 heteroatoms. The predicted octanol–water partition coefficient (Wildman–Crippen LogP) is 3.26. The first kappa shape index (κ1) is 18.3. The standard InChI is InChI=1S/C21H19F2N3O2/c22-15-5-3-14(4-6-15)21(9-1-2-10-21)25-19(27)12-26-13-24-18-8-7-16(23)11-17(18)20(26)28/h3-8,11,13H,1-2,9-10,12H2,(H,25,27). The van der Waals surface area contributed by atoms with Gasteiger partial charge in [-0.2, -0.15) is 0 Å². The van der Waals surface area contributed by atoms with Crippen molar-refractivity contribution in [2.75, 3.05) is 0 Å². The van der Waals surface area contributed by atoms with Gasteiger partial charge in [0.2, 0.25) is 5.91 Å². The van der Waals surface area contributed by atoms with E-state index in [4.69, 9.17) is 0 Å². The van der Waals surface area contributed by atoms with Gasteiger partial charge in [-0.15, -0.1) is 0 Å². The van der Waals surface area contributed by atoms with Crippen LogP contribution in [0.2, 0.25) is 0 Å². The number of amides is 1. The second-order valence-electron chi connectivity index (χ2n) is 7.18. The fourth-order valence-electron chi connectivity index (χ4n) is 3.94. The maximum atomic E-state index is 13.5. The molecule has 1 amide bonds. The fourth-order valence-corrected chi connectivity index (χ4v) is 3.94. The molecule has 1 aliphatic carbocycles. The first-order valence-corrected chi connectivity index (χ1v) is 9.19. The molecule has 2 aromatic carbocycles. The van der Waals surface area contributed by atoms with Gasteiger partial charge in [0, 0.05) is 0 Å². The summed E-state index contributed by atoms with van der Waals surface area (Å²) in [6.45, 7) is -0.221. The monoisotopic (exact) mass is 383 g/mol. The van der Waals surface area contributed by atoms with Crippen LogP contribution in [-0.2, 0) is 16.9 Å². The van der Waals surface area contributed by atoms with Crippen LogP contribution >= 0.6 is 0 Å². The smallest absolute Gasteiger partial charge is 0.261 e. The lowest BCUT2D eigenvalue weighted by Gasteiger charge is -2.31. The van der Waals surface area contributed by atoms with Crippen molar-refractivity contribution in [3.05, 3.63) is 76.3 Å². The van der Waals surface area contributed by atoms with Crippen LogP contribution in [0, 0.1) is 11.6 Å². The zero-order chi connectivity index (χ0) is 19.7. The van der Waals surface area contributed by atoms with Crippen LogP contribution in [0.3, 0.4) is 0 Å². The van der Waals surface area contributed by atoms with E-state index >= 15 is 0 Å². The van der Waals surface area contributed by atoms with E-state index in [2.05, 4.69) is 10.3 Å². The fraction of sp³-hybridized carbons (Fsp3) is 0.286. The molecule has 0 unspecified atom stereocenters. The predicted molar refractivity (Wildman–Crippen MR) is 101 cm³/mol.